The minimum Gasteiger partial charge on any atom is -0.478 e. The summed E-state index contributed by atoms with van der Waals surface area (Å²) in [5.74, 6) is -0.908. The minimum atomic E-state index is -0.908. The highest BCUT2D eigenvalue weighted by molar-refractivity contribution is 7.12. The molecule has 19 heavy (non-hydrogen) atoms. The summed E-state index contributed by atoms with van der Waals surface area (Å²) in [6.45, 7) is 5.69. The molecule has 0 aromatic carbocycles. The van der Waals surface area contributed by atoms with Crippen LogP contribution in [0.1, 0.15) is 23.1 Å². The van der Waals surface area contributed by atoms with Crippen LogP contribution in [0.25, 0.3) is 6.08 Å². The van der Waals surface area contributed by atoms with Crippen molar-refractivity contribution in [1.29, 1.82) is 0 Å². The van der Waals surface area contributed by atoms with Crippen LogP contribution < -0.4 is 0 Å². The van der Waals surface area contributed by atoms with Crippen molar-refractivity contribution in [3.8, 4) is 0 Å². The summed E-state index contributed by atoms with van der Waals surface area (Å²) in [4.78, 5) is 15.2. The first-order valence-electron chi connectivity index (χ1n) is 6.50. The first kappa shape index (κ1) is 14.2. The number of thiophene rings is 1. The predicted octanol–water partition coefficient (Wildman–Crippen LogP) is 2.46. The summed E-state index contributed by atoms with van der Waals surface area (Å²) >= 11 is 1.65. The van der Waals surface area contributed by atoms with Gasteiger partial charge in [0.05, 0.1) is 13.2 Å². The number of rotatable bonds is 5. The van der Waals surface area contributed by atoms with Crippen LogP contribution in [0.5, 0.6) is 0 Å². The van der Waals surface area contributed by atoms with E-state index < -0.39 is 5.97 Å². The largest absolute Gasteiger partial charge is 0.478 e. The molecule has 2 heterocycles. The van der Waals surface area contributed by atoms with Gasteiger partial charge in [0.2, 0.25) is 0 Å². The van der Waals surface area contributed by atoms with Crippen LogP contribution in [0.2, 0.25) is 0 Å². The molecule has 1 fully saturated rings. The summed E-state index contributed by atoms with van der Waals surface area (Å²) in [6.07, 6.45) is 3.92. The number of hydrogen-bond donors (Lipinski definition) is 1. The number of morpholine rings is 1. The van der Waals surface area contributed by atoms with Crippen molar-refractivity contribution < 1.29 is 14.6 Å². The standard InChI is InChI=1S/C14H19NO3S/c1-2-11-10-18-8-7-15(11)9-13-4-3-12(19-13)5-6-14(16)17/h3-6,11H,2,7-10H2,1H3,(H,16,17)/b6-5+. The van der Waals surface area contributed by atoms with E-state index in [0.717, 1.165) is 37.6 Å². The smallest absolute Gasteiger partial charge is 0.328 e. The van der Waals surface area contributed by atoms with Gasteiger partial charge in [-0.15, -0.1) is 11.3 Å². The van der Waals surface area contributed by atoms with Crippen LogP contribution in [0, 0.1) is 0 Å². The number of carboxylic acid groups (broad SMARTS) is 1. The van der Waals surface area contributed by atoms with Crippen LogP contribution in [-0.2, 0) is 16.1 Å². The third-order valence-electron chi connectivity index (χ3n) is 3.25. The number of aliphatic carboxylic acids is 1. The lowest BCUT2D eigenvalue weighted by atomic mass is 10.2. The second-order valence-electron chi connectivity index (χ2n) is 4.58. The quantitative estimate of drug-likeness (QED) is 0.842. The second kappa shape index (κ2) is 6.84. The van der Waals surface area contributed by atoms with Crippen LogP contribution >= 0.6 is 11.3 Å². The van der Waals surface area contributed by atoms with Crippen molar-refractivity contribution in [2.75, 3.05) is 19.8 Å². The molecule has 5 heteroatoms. The third kappa shape index (κ3) is 4.16. The predicted molar refractivity (Wildman–Crippen MR) is 76.3 cm³/mol. The van der Waals surface area contributed by atoms with Crippen LogP contribution in [-0.4, -0.2) is 41.8 Å². The summed E-state index contributed by atoms with van der Waals surface area (Å²) in [7, 11) is 0. The highest BCUT2D eigenvalue weighted by atomic mass is 32.1. The molecule has 0 bridgehead atoms. The highest BCUT2D eigenvalue weighted by Crippen LogP contribution is 2.22. The van der Waals surface area contributed by atoms with Gasteiger partial charge in [-0.25, -0.2) is 4.79 Å². The SMILES string of the molecule is CCC1COCCN1Cc1ccc(/C=C/C(=O)O)s1. The van der Waals surface area contributed by atoms with E-state index in [9.17, 15) is 4.79 Å². The molecule has 4 nitrogen and oxygen atoms in total. The number of nitrogens with zero attached hydrogens (tertiary/aromatic N) is 1. The lowest BCUT2D eigenvalue weighted by Crippen LogP contribution is -2.44. The van der Waals surface area contributed by atoms with Gasteiger partial charge in [-0.2, -0.15) is 0 Å². The van der Waals surface area contributed by atoms with Gasteiger partial charge in [0.1, 0.15) is 0 Å². The van der Waals surface area contributed by atoms with Crippen molar-refractivity contribution in [3.63, 3.8) is 0 Å². The van der Waals surface area contributed by atoms with Gasteiger partial charge in [-0.1, -0.05) is 6.92 Å². The van der Waals surface area contributed by atoms with Crippen molar-refractivity contribution in [3.05, 3.63) is 28.0 Å². The summed E-state index contributed by atoms with van der Waals surface area (Å²) in [5, 5.41) is 8.60. The fourth-order valence-electron chi connectivity index (χ4n) is 2.20. The molecule has 1 aromatic heterocycles. The van der Waals surface area contributed by atoms with Gasteiger partial charge >= 0.3 is 5.97 Å². The molecule has 1 atom stereocenters. The number of carbonyl (C=O) groups is 1. The monoisotopic (exact) mass is 281 g/mol. The zero-order chi connectivity index (χ0) is 13.7. The van der Waals surface area contributed by atoms with Gasteiger partial charge in [0, 0.05) is 35.0 Å². The Kier molecular flexibility index (Phi) is 5.13. The Labute approximate surface area is 117 Å². The summed E-state index contributed by atoms with van der Waals surface area (Å²) < 4.78 is 5.50. The molecular weight excluding hydrogens is 262 g/mol. The van der Waals surface area contributed by atoms with Crippen LogP contribution in [0.15, 0.2) is 18.2 Å². The van der Waals surface area contributed by atoms with E-state index >= 15 is 0 Å². The maximum atomic E-state index is 10.5. The Morgan fingerprint density at radius 3 is 3.21 bits per heavy atom. The molecular formula is C14H19NO3S. The molecule has 0 spiro atoms. The molecule has 1 N–H and O–H groups in total. The molecule has 1 aliphatic rings. The Morgan fingerprint density at radius 2 is 2.47 bits per heavy atom. The molecule has 0 saturated carbocycles. The average molecular weight is 281 g/mol. The second-order valence-corrected chi connectivity index (χ2v) is 5.78. The van der Waals surface area contributed by atoms with E-state index in [4.69, 9.17) is 9.84 Å². The maximum Gasteiger partial charge on any atom is 0.328 e. The fourth-order valence-corrected chi connectivity index (χ4v) is 3.14. The van der Waals surface area contributed by atoms with Gasteiger partial charge in [-0.05, 0) is 24.6 Å². The van der Waals surface area contributed by atoms with E-state index in [0.29, 0.717) is 6.04 Å². The topological polar surface area (TPSA) is 49.8 Å². The van der Waals surface area contributed by atoms with Crippen molar-refractivity contribution >= 4 is 23.4 Å². The Morgan fingerprint density at radius 1 is 1.63 bits per heavy atom. The summed E-state index contributed by atoms with van der Waals surface area (Å²) in [6, 6.07) is 4.55. The number of hydrogen-bond acceptors (Lipinski definition) is 4. The summed E-state index contributed by atoms with van der Waals surface area (Å²) in [5.41, 5.74) is 0. The van der Waals surface area contributed by atoms with Crippen LogP contribution in [0.4, 0.5) is 0 Å². The van der Waals surface area contributed by atoms with Crippen LogP contribution in [0.3, 0.4) is 0 Å². The average Bonchev–Trinajstić information content (AvgIpc) is 2.85. The van der Waals surface area contributed by atoms with E-state index in [1.165, 1.54) is 11.0 Å². The van der Waals surface area contributed by atoms with Crippen molar-refractivity contribution in [2.24, 2.45) is 0 Å². The third-order valence-corrected chi connectivity index (χ3v) is 4.29. The molecule has 0 radical (unpaired) electrons. The van der Waals surface area contributed by atoms with Gasteiger partial charge in [0.15, 0.2) is 0 Å². The number of carboxylic acids is 1. The molecule has 0 amide bonds. The first-order chi connectivity index (χ1) is 9.19. The maximum absolute atomic E-state index is 10.5. The highest BCUT2D eigenvalue weighted by Gasteiger charge is 2.21. The normalized spacial score (nSPS) is 21.0. The Bertz CT molecular complexity index is 455. The molecule has 2 rings (SSSR count). The van der Waals surface area contributed by atoms with Crippen molar-refractivity contribution in [2.45, 2.75) is 25.9 Å². The lowest BCUT2D eigenvalue weighted by molar-refractivity contribution is -0.131. The van der Waals surface area contributed by atoms with E-state index in [1.807, 2.05) is 6.07 Å². The van der Waals surface area contributed by atoms with E-state index in [1.54, 1.807) is 17.4 Å². The van der Waals surface area contributed by atoms with Crippen molar-refractivity contribution in [1.82, 2.24) is 4.90 Å². The van der Waals surface area contributed by atoms with Gasteiger partial charge in [0.25, 0.3) is 0 Å². The Hall–Kier alpha value is -1.17. The van der Waals surface area contributed by atoms with E-state index in [-0.39, 0.29) is 0 Å². The molecule has 1 unspecified atom stereocenters. The molecule has 1 aliphatic heterocycles. The minimum absolute atomic E-state index is 0.494. The van der Waals surface area contributed by atoms with E-state index in [2.05, 4.69) is 17.9 Å². The molecule has 1 saturated heterocycles. The fraction of sp³-hybridized carbons (Fsp3) is 0.500. The molecule has 104 valence electrons. The molecule has 1 aromatic rings. The van der Waals surface area contributed by atoms with Gasteiger partial charge < -0.3 is 9.84 Å². The number of ether oxygens (including phenoxy) is 1. The Balaban J connectivity index is 1.97. The lowest BCUT2D eigenvalue weighted by Gasteiger charge is -2.34. The first-order valence-corrected chi connectivity index (χ1v) is 7.32. The molecule has 0 aliphatic carbocycles. The van der Waals surface area contributed by atoms with Gasteiger partial charge in [-0.3, -0.25) is 4.90 Å². The zero-order valence-electron chi connectivity index (χ0n) is 11.0. The zero-order valence-corrected chi connectivity index (χ0v) is 11.9.